The van der Waals surface area contributed by atoms with Gasteiger partial charge in [-0.15, -0.1) is 0 Å². The van der Waals surface area contributed by atoms with Crippen LogP contribution in [0.5, 0.6) is 0 Å². The third kappa shape index (κ3) is 2.35. The summed E-state index contributed by atoms with van der Waals surface area (Å²) in [6.07, 6.45) is 5.72. The number of hydrogen-bond acceptors (Lipinski definition) is 5. The summed E-state index contributed by atoms with van der Waals surface area (Å²) in [7, 11) is 2.11. The van der Waals surface area contributed by atoms with E-state index in [0.29, 0.717) is 17.9 Å². The van der Waals surface area contributed by atoms with E-state index in [4.69, 9.17) is 5.73 Å². The zero-order chi connectivity index (χ0) is 16.0. The molecule has 23 heavy (non-hydrogen) atoms. The molecule has 0 bridgehead atoms. The van der Waals surface area contributed by atoms with Gasteiger partial charge in [-0.05, 0) is 30.7 Å². The molecule has 2 aromatic rings. The minimum atomic E-state index is 0.0779. The van der Waals surface area contributed by atoms with Crippen molar-refractivity contribution >= 4 is 22.8 Å². The van der Waals surface area contributed by atoms with E-state index in [9.17, 15) is 4.79 Å². The summed E-state index contributed by atoms with van der Waals surface area (Å²) < 4.78 is 0. The van der Waals surface area contributed by atoms with Crippen LogP contribution in [-0.2, 0) is 4.79 Å². The van der Waals surface area contributed by atoms with Gasteiger partial charge in [0.1, 0.15) is 17.8 Å². The highest BCUT2D eigenvalue weighted by atomic mass is 16.2. The molecule has 0 spiro atoms. The van der Waals surface area contributed by atoms with Crippen LogP contribution in [0.3, 0.4) is 0 Å². The van der Waals surface area contributed by atoms with Crippen molar-refractivity contribution in [3.8, 4) is 0 Å². The Hall–Kier alpha value is -2.15. The van der Waals surface area contributed by atoms with E-state index in [1.807, 2.05) is 17.2 Å². The van der Waals surface area contributed by atoms with Crippen molar-refractivity contribution in [2.24, 2.45) is 17.6 Å². The molecular formula is C16H22N6O. The minimum absolute atomic E-state index is 0.0779. The molecule has 2 aliphatic rings. The molecule has 1 saturated carbocycles. The smallest absolute Gasteiger partial charge is 0.236 e. The zero-order valence-corrected chi connectivity index (χ0v) is 13.3. The number of nitrogens with zero attached hydrogens (tertiary/aromatic N) is 4. The van der Waals surface area contributed by atoms with E-state index in [0.717, 1.165) is 42.8 Å². The lowest BCUT2D eigenvalue weighted by Crippen LogP contribution is -2.37. The summed E-state index contributed by atoms with van der Waals surface area (Å²) in [5.41, 5.74) is 6.35. The fourth-order valence-corrected chi connectivity index (χ4v) is 4.23. The second-order valence-corrected chi connectivity index (χ2v) is 6.70. The Bertz CT molecular complexity index is 714. The molecule has 1 aliphatic carbocycles. The Kier molecular flexibility index (Phi) is 3.45. The summed E-state index contributed by atoms with van der Waals surface area (Å²) in [6.45, 7) is 1.83. The predicted molar refractivity (Wildman–Crippen MR) is 87.9 cm³/mol. The fourth-order valence-electron chi connectivity index (χ4n) is 4.23. The highest BCUT2D eigenvalue weighted by Gasteiger charge is 2.43. The standard InChI is InChI=1S/C16H22N6O/c1-21(16-13-2-3-18-15(13)19-9-20-16)12-4-10-7-22(14(23)6-17)8-11(10)5-12/h2-3,9-12H,4-8,17H2,1H3,(H,18,19,20)/t10-,11+,12-. The van der Waals surface area contributed by atoms with Gasteiger partial charge in [0.15, 0.2) is 0 Å². The van der Waals surface area contributed by atoms with Crippen LogP contribution in [0.1, 0.15) is 12.8 Å². The van der Waals surface area contributed by atoms with Crippen molar-refractivity contribution in [3.05, 3.63) is 18.6 Å². The number of anilines is 1. The molecule has 3 heterocycles. The quantitative estimate of drug-likeness (QED) is 0.865. The molecule has 1 aliphatic heterocycles. The lowest BCUT2D eigenvalue weighted by molar-refractivity contribution is -0.128. The Balaban J connectivity index is 1.49. The number of fused-ring (bicyclic) bond motifs is 2. The van der Waals surface area contributed by atoms with E-state index in [2.05, 4.69) is 26.9 Å². The Morgan fingerprint density at radius 3 is 2.83 bits per heavy atom. The van der Waals surface area contributed by atoms with Crippen LogP contribution in [0.2, 0.25) is 0 Å². The topological polar surface area (TPSA) is 91.1 Å². The number of carbonyl (C=O) groups excluding carboxylic acids is 1. The lowest BCUT2D eigenvalue weighted by atomic mass is 10.0. The van der Waals surface area contributed by atoms with Crippen molar-refractivity contribution in [1.82, 2.24) is 19.9 Å². The molecular weight excluding hydrogens is 292 g/mol. The number of nitrogens with two attached hydrogens (primary N) is 1. The van der Waals surface area contributed by atoms with Gasteiger partial charge >= 0.3 is 0 Å². The Labute approximate surface area is 134 Å². The number of nitrogens with one attached hydrogen (secondary N) is 1. The third-order valence-electron chi connectivity index (χ3n) is 5.47. The molecule has 0 aromatic carbocycles. The normalized spacial score (nSPS) is 26.7. The van der Waals surface area contributed by atoms with Crippen molar-refractivity contribution in [3.63, 3.8) is 0 Å². The van der Waals surface area contributed by atoms with Crippen molar-refractivity contribution in [1.29, 1.82) is 0 Å². The first kappa shape index (κ1) is 14.4. The first-order valence-electron chi connectivity index (χ1n) is 8.16. The molecule has 7 heteroatoms. The van der Waals surface area contributed by atoms with E-state index < -0.39 is 0 Å². The molecule has 1 amide bonds. The number of H-pyrrole nitrogens is 1. The van der Waals surface area contributed by atoms with Gasteiger partial charge in [-0.25, -0.2) is 9.97 Å². The Morgan fingerprint density at radius 1 is 1.39 bits per heavy atom. The van der Waals surface area contributed by atoms with Crippen LogP contribution in [0.4, 0.5) is 5.82 Å². The van der Waals surface area contributed by atoms with Crippen LogP contribution >= 0.6 is 0 Å². The van der Waals surface area contributed by atoms with Crippen molar-refractivity contribution in [2.75, 3.05) is 31.6 Å². The van der Waals surface area contributed by atoms with Gasteiger partial charge in [0.05, 0.1) is 11.9 Å². The number of carbonyl (C=O) groups is 1. The van der Waals surface area contributed by atoms with Crippen molar-refractivity contribution < 1.29 is 4.79 Å². The van der Waals surface area contributed by atoms with Gasteiger partial charge in [-0.1, -0.05) is 0 Å². The average molecular weight is 314 g/mol. The molecule has 2 aromatic heterocycles. The first-order valence-corrected chi connectivity index (χ1v) is 8.16. The maximum atomic E-state index is 11.8. The van der Waals surface area contributed by atoms with Crippen LogP contribution in [0, 0.1) is 11.8 Å². The Morgan fingerprint density at radius 2 is 2.13 bits per heavy atom. The molecule has 3 N–H and O–H groups in total. The largest absolute Gasteiger partial charge is 0.356 e. The molecule has 1 saturated heterocycles. The summed E-state index contributed by atoms with van der Waals surface area (Å²) in [5, 5.41) is 1.06. The molecule has 3 atom stereocenters. The SMILES string of the molecule is CN(c1ncnc2[nH]ccc12)[C@@H]1C[C@@H]2CN(C(=O)CN)C[C@@H]2C1. The zero-order valence-electron chi connectivity index (χ0n) is 13.3. The van der Waals surface area contributed by atoms with Crippen molar-refractivity contribution in [2.45, 2.75) is 18.9 Å². The summed E-state index contributed by atoms with van der Waals surface area (Å²) in [4.78, 5) is 27.9. The number of aromatic amines is 1. The predicted octanol–water partition coefficient (Wildman–Crippen LogP) is 0.590. The number of amides is 1. The number of hydrogen-bond donors (Lipinski definition) is 2. The molecule has 7 nitrogen and oxygen atoms in total. The number of likely N-dealkylation sites (tertiary alicyclic amines) is 1. The molecule has 0 unspecified atom stereocenters. The monoisotopic (exact) mass is 314 g/mol. The van der Waals surface area contributed by atoms with Crippen LogP contribution in [-0.4, -0.2) is 58.5 Å². The molecule has 2 fully saturated rings. The van der Waals surface area contributed by atoms with Crippen LogP contribution in [0.15, 0.2) is 18.6 Å². The van der Waals surface area contributed by atoms with E-state index in [1.54, 1.807) is 6.33 Å². The molecule has 0 radical (unpaired) electrons. The van der Waals surface area contributed by atoms with Gasteiger partial charge < -0.3 is 20.5 Å². The van der Waals surface area contributed by atoms with Crippen LogP contribution in [0.25, 0.3) is 11.0 Å². The van der Waals surface area contributed by atoms with Gasteiger partial charge in [-0.2, -0.15) is 0 Å². The summed E-state index contributed by atoms with van der Waals surface area (Å²) in [6, 6.07) is 2.49. The summed E-state index contributed by atoms with van der Waals surface area (Å²) >= 11 is 0. The van der Waals surface area contributed by atoms with Crippen LogP contribution < -0.4 is 10.6 Å². The average Bonchev–Trinajstić information content (AvgIpc) is 3.26. The number of aromatic nitrogens is 3. The van der Waals surface area contributed by atoms with E-state index in [-0.39, 0.29) is 12.5 Å². The van der Waals surface area contributed by atoms with Gasteiger partial charge in [0, 0.05) is 32.4 Å². The summed E-state index contributed by atoms with van der Waals surface area (Å²) in [5.74, 6) is 2.23. The van der Waals surface area contributed by atoms with E-state index >= 15 is 0 Å². The second-order valence-electron chi connectivity index (χ2n) is 6.70. The maximum absolute atomic E-state index is 11.8. The van der Waals surface area contributed by atoms with E-state index in [1.165, 1.54) is 0 Å². The van der Waals surface area contributed by atoms with Gasteiger partial charge in [-0.3, -0.25) is 4.79 Å². The second kappa shape index (κ2) is 5.49. The molecule has 4 rings (SSSR count). The van der Waals surface area contributed by atoms with Gasteiger partial charge in [0.2, 0.25) is 5.91 Å². The fraction of sp³-hybridized carbons (Fsp3) is 0.562. The first-order chi connectivity index (χ1) is 11.2. The third-order valence-corrected chi connectivity index (χ3v) is 5.47. The highest BCUT2D eigenvalue weighted by molar-refractivity contribution is 5.87. The maximum Gasteiger partial charge on any atom is 0.236 e. The lowest BCUT2D eigenvalue weighted by Gasteiger charge is -2.27. The van der Waals surface area contributed by atoms with Gasteiger partial charge in [0.25, 0.3) is 0 Å². The molecule has 122 valence electrons. The highest BCUT2D eigenvalue weighted by Crippen LogP contribution is 2.41. The minimum Gasteiger partial charge on any atom is -0.356 e. The number of rotatable bonds is 3.